The Labute approximate surface area is 163 Å². The van der Waals surface area contributed by atoms with Gasteiger partial charge in [0.1, 0.15) is 5.75 Å². The van der Waals surface area contributed by atoms with Crippen LogP contribution in [0.5, 0.6) is 5.75 Å². The molecule has 28 heavy (non-hydrogen) atoms. The summed E-state index contributed by atoms with van der Waals surface area (Å²) in [4.78, 5) is 4.13. The van der Waals surface area contributed by atoms with Gasteiger partial charge >= 0.3 is 6.18 Å². The number of guanidine groups is 1. The molecule has 1 unspecified atom stereocenters. The van der Waals surface area contributed by atoms with E-state index in [4.69, 9.17) is 14.2 Å². The minimum Gasteiger partial charge on any atom is -0.484 e. The molecule has 0 spiro atoms. The summed E-state index contributed by atoms with van der Waals surface area (Å²) in [5.74, 6) is 1.31. The quantitative estimate of drug-likeness (QED) is 0.357. The summed E-state index contributed by atoms with van der Waals surface area (Å²) in [6, 6.07) is 6.54. The minimum absolute atomic E-state index is 0.185. The first-order valence-corrected chi connectivity index (χ1v) is 9.35. The number of benzene rings is 1. The van der Waals surface area contributed by atoms with Crippen molar-refractivity contribution >= 4 is 5.96 Å². The molecule has 2 rings (SSSR count). The SMILES string of the molecule is CN=C(NCCCOCC1CCOC1)NCc1cccc(OCC(F)(F)F)c1. The Bertz CT molecular complexity index is 606. The van der Waals surface area contributed by atoms with Crippen LogP contribution in [0.2, 0.25) is 0 Å². The highest BCUT2D eigenvalue weighted by Crippen LogP contribution is 2.19. The van der Waals surface area contributed by atoms with Crippen LogP contribution >= 0.6 is 0 Å². The zero-order chi connectivity index (χ0) is 20.2. The summed E-state index contributed by atoms with van der Waals surface area (Å²) in [5, 5.41) is 6.31. The summed E-state index contributed by atoms with van der Waals surface area (Å²) in [7, 11) is 1.66. The van der Waals surface area contributed by atoms with Gasteiger partial charge < -0.3 is 24.8 Å². The molecule has 1 aliphatic heterocycles. The molecule has 1 aromatic carbocycles. The number of rotatable bonds is 10. The standard InChI is InChI=1S/C19H28F3N3O3/c1-23-18(24-7-3-8-26-12-16-6-9-27-13-16)25-11-15-4-2-5-17(10-15)28-14-19(20,21)22/h2,4-5,10,16H,3,6-9,11-14H2,1H3,(H2,23,24,25). The molecule has 1 aliphatic rings. The molecule has 9 heteroatoms. The van der Waals surface area contributed by atoms with E-state index in [0.29, 0.717) is 31.6 Å². The van der Waals surface area contributed by atoms with E-state index in [1.807, 2.05) is 0 Å². The molecule has 1 saturated heterocycles. The monoisotopic (exact) mass is 403 g/mol. The van der Waals surface area contributed by atoms with Gasteiger partial charge in [-0.25, -0.2) is 0 Å². The van der Waals surface area contributed by atoms with Crippen LogP contribution in [0.4, 0.5) is 13.2 Å². The molecule has 1 aromatic rings. The van der Waals surface area contributed by atoms with Crippen molar-refractivity contribution < 1.29 is 27.4 Å². The average Bonchev–Trinajstić information content (AvgIpc) is 3.18. The lowest BCUT2D eigenvalue weighted by Crippen LogP contribution is -2.37. The Kier molecular flexibility index (Phi) is 9.36. The van der Waals surface area contributed by atoms with Gasteiger partial charge in [0.05, 0.1) is 13.2 Å². The van der Waals surface area contributed by atoms with E-state index in [9.17, 15) is 13.2 Å². The second-order valence-electron chi connectivity index (χ2n) is 6.56. The van der Waals surface area contributed by atoms with E-state index in [-0.39, 0.29) is 5.75 Å². The molecule has 0 aromatic heterocycles. The van der Waals surface area contributed by atoms with Gasteiger partial charge in [0.15, 0.2) is 12.6 Å². The van der Waals surface area contributed by atoms with Gasteiger partial charge in [0.25, 0.3) is 0 Å². The number of nitrogens with one attached hydrogen (secondary N) is 2. The lowest BCUT2D eigenvalue weighted by molar-refractivity contribution is -0.153. The van der Waals surface area contributed by atoms with Crippen molar-refractivity contribution in [2.24, 2.45) is 10.9 Å². The van der Waals surface area contributed by atoms with Crippen molar-refractivity contribution in [3.63, 3.8) is 0 Å². The lowest BCUT2D eigenvalue weighted by atomic mass is 10.1. The van der Waals surface area contributed by atoms with Crippen LogP contribution in [0.25, 0.3) is 0 Å². The molecule has 0 saturated carbocycles. The molecular formula is C19H28F3N3O3. The lowest BCUT2D eigenvalue weighted by Gasteiger charge is -2.14. The van der Waals surface area contributed by atoms with E-state index in [2.05, 4.69) is 15.6 Å². The number of nitrogens with zero attached hydrogens (tertiary/aromatic N) is 1. The molecule has 1 atom stereocenters. The molecule has 0 aliphatic carbocycles. The van der Waals surface area contributed by atoms with Crippen LogP contribution in [-0.2, 0) is 16.0 Å². The van der Waals surface area contributed by atoms with Gasteiger partial charge in [-0.15, -0.1) is 0 Å². The van der Waals surface area contributed by atoms with Crippen LogP contribution in [0.15, 0.2) is 29.3 Å². The third-order valence-electron chi connectivity index (χ3n) is 4.12. The van der Waals surface area contributed by atoms with Crippen molar-refractivity contribution in [3.05, 3.63) is 29.8 Å². The van der Waals surface area contributed by atoms with Gasteiger partial charge in [0.2, 0.25) is 0 Å². The maximum atomic E-state index is 12.2. The largest absolute Gasteiger partial charge is 0.484 e. The van der Waals surface area contributed by atoms with Crippen molar-refractivity contribution in [1.29, 1.82) is 0 Å². The Morgan fingerprint density at radius 3 is 2.89 bits per heavy atom. The summed E-state index contributed by atoms with van der Waals surface area (Å²) in [5.41, 5.74) is 0.796. The second kappa shape index (κ2) is 11.8. The van der Waals surface area contributed by atoms with E-state index in [1.165, 1.54) is 6.07 Å². The predicted molar refractivity (Wildman–Crippen MR) is 101 cm³/mol. The molecule has 158 valence electrons. The van der Waals surface area contributed by atoms with E-state index < -0.39 is 12.8 Å². The summed E-state index contributed by atoms with van der Waals surface area (Å²) >= 11 is 0. The second-order valence-corrected chi connectivity index (χ2v) is 6.56. The normalized spacial score (nSPS) is 17.6. The van der Waals surface area contributed by atoms with Crippen molar-refractivity contribution in [1.82, 2.24) is 10.6 Å². The number of hydrogen-bond acceptors (Lipinski definition) is 4. The Morgan fingerprint density at radius 1 is 1.32 bits per heavy atom. The smallest absolute Gasteiger partial charge is 0.422 e. The van der Waals surface area contributed by atoms with Crippen LogP contribution in [-0.4, -0.2) is 58.8 Å². The third-order valence-corrected chi connectivity index (χ3v) is 4.12. The molecule has 0 radical (unpaired) electrons. The summed E-state index contributed by atoms with van der Waals surface area (Å²) in [6.07, 6.45) is -2.44. The highest BCUT2D eigenvalue weighted by molar-refractivity contribution is 5.79. The first-order valence-electron chi connectivity index (χ1n) is 9.35. The van der Waals surface area contributed by atoms with Gasteiger partial charge in [-0.05, 0) is 30.5 Å². The Balaban J connectivity index is 1.62. The third kappa shape index (κ3) is 9.27. The molecule has 1 heterocycles. The average molecular weight is 403 g/mol. The van der Waals surface area contributed by atoms with Crippen molar-refractivity contribution in [3.8, 4) is 5.75 Å². The van der Waals surface area contributed by atoms with Crippen LogP contribution in [0, 0.1) is 5.92 Å². The van der Waals surface area contributed by atoms with E-state index in [1.54, 1.807) is 25.2 Å². The van der Waals surface area contributed by atoms with E-state index in [0.717, 1.165) is 38.2 Å². The maximum absolute atomic E-state index is 12.2. The predicted octanol–water partition coefficient (Wildman–Crippen LogP) is 2.74. The van der Waals surface area contributed by atoms with Gasteiger partial charge in [-0.3, -0.25) is 4.99 Å². The van der Waals surface area contributed by atoms with Gasteiger partial charge in [-0.2, -0.15) is 13.2 Å². The van der Waals surface area contributed by atoms with Crippen LogP contribution < -0.4 is 15.4 Å². The topological polar surface area (TPSA) is 64.1 Å². The highest BCUT2D eigenvalue weighted by atomic mass is 19.4. The van der Waals surface area contributed by atoms with Crippen molar-refractivity contribution in [2.75, 3.05) is 46.6 Å². The van der Waals surface area contributed by atoms with Crippen LogP contribution in [0.1, 0.15) is 18.4 Å². The van der Waals surface area contributed by atoms with Gasteiger partial charge in [0, 0.05) is 39.3 Å². The molecule has 0 bridgehead atoms. The van der Waals surface area contributed by atoms with Crippen molar-refractivity contribution in [2.45, 2.75) is 25.6 Å². The first-order chi connectivity index (χ1) is 13.5. The summed E-state index contributed by atoms with van der Waals surface area (Å²) in [6.45, 7) is 2.84. The molecule has 1 fully saturated rings. The molecule has 6 nitrogen and oxygen atoms in total. The Morgan fingerprint density at radius 2 is 2.18 bits per heavy atom. The van der Waals surface area contributed by atoms with Crippen LogP contribution in [0.3, 0.4) is 0 Å². The number of aliphatic imine (C=N–C) groups is 1. The zero-order valence-electron chi connectivity index (χ0n) is 16.1. The minimum atomic E-state index is -4.35. The van der Waals surface area contributed by atoms with E-state index >= 15 is 0 Å². The fourth-order valence-corrected chi connectivity index (χ4v) is 2.66. The molecular weight excluding hydrogens is 375 g/mol. The summed E-state index contributed by atoms with van der Waals surface area (Å²) < 4.78 is 52.4. The zero-order valence-corrected chi connectivity index (χ0v) is 16.1. The maximum Gasteiger partial charge on any atom is 0.422 e. The number of halogens is 3. The fourth-order valence-electron chi connectivity index (χ4n) is 2.66. The number of ether oxygens (including phenoxy) is 3. The highest BCUT2D eigenvalue weighted by Gasteiger charge is 2.28. The first kappa shape index (κ1) is 22.3. The fraction of sp³-hybridized carbons (Fsp3) is 0.632. The Hall–Kier alpha value is -2.00. The number of hydrogen-bond donors (Lipinski definition) is 2. The molecule has 0 amide bonds. The van der Waals surface area contributed by atoms with Gasteiger partial charge in [-0.1, -0.05) is 12.1 Å². The number of alkyl halides is 3. The molecule has 2 N–H and O–H groups in total.